The summed E-state index contributed by atoms with van der Waals surface area (Å²) >= 11 is 0. The quantitative estimate of drug-likeness (QED) is 0.836. The number of benzene rings is 2. The second-order valence-corrected chi connectivity index (χ2v) is 6.93. The highest BCUT2D eigenvalue weighted by molar-refractivity contribution is 7.92. The van der Waals surface area contributed by atoms with Crippen LogP contribution in [-0.4, -0.2) is 14.4 Å². The molecule has 2 aromatic rings. The molecule has 0 aliphatic carbocycles. The van der Waals surface area contributed by atoms with E-state index in [1.165, 1.54) is 12.1 Å². The molecular weight excluding hydrogens is 314 g/mol. The minimum Gasteiger partial charge on any atom is -0.550 e. The summed E-state index contributed by atoms with van der Waals surface area (Å²) in [5.41, 5.74) is 2.03. The Labute approximate surface area is 136 Å². The molecular formula is C17H18NO4S-. The van der Waals surface area contributed by atoms with Crippen molar-refractivity contribution in [3.05, 3.63) is 59.7 Å². The number of carboxylic acids is 1. The molecule has 0 spiro atoms. The summed E-state index contributed by atoms with van der Waals surface area (Å²) in [6.07, 6.45) is 1.71. The smallest absolute Gasteiger partial charge is 0.261 e. The van der Waals surface area contributed by atoms with E-state index in [9.17, 15) is 18.3 Å². The maximum atomic E-state index is 12.3. The Morgan fingerprint density at radius 3 is 2.09 bits per heavy atom. The number of nitrogens with one attached hydrogen (secondary N) is 1. The number of carbonyl (C=O) groups is 1. The number of hydrogen-bond donors (Lipinski definition) is 1. The Hall–Kier alpha value is -2.34. The van der Waals surface area contributed by atoms with Crippen LogP contribution in [0.25, 0.3) is 0 Å². The van der Waals surface area contributed by atoms with Gasteiger partial charge in [-0.15, -0.1) is 0 Å². The zero-order valence-electron chi connectivity index (χ0n) is 12.8. The molecule has 0 atom stereocenters. The molecule has 0 saturated carbocycles. The van der Waals surface area contributed by atoms with Crippen molar-refractivity contribution in [3.63, 3.8) is 0 Å². The highest BCUT2D eigenvalue weighted by Gasteiger charge is 2.13. The van der Waals surface area contributed by atoms with Gasteiger partial charge in [-0.25, -0.2) is 8.42 Å². The van der Waals surface area contributed by atoms with Gasteiger partial charge < -0.3 is 9.90 Å². The van der Waals surface area contributed by atoms with Crippen LogP contribution in [0.2, 0.25) is 0 Å². The third kappa shape index (κ3) is 4.82. The lowest BCUT2D eigenvalue weighted by Gasteiger charge is -2.10. The molecule has 0 aliphatic heterocycles. The third-order valence-electron chi connectivity index (χ3n) is 3.33. The molecule has 122 valence electrons. The fraction of sp³-hybridized carbons (Fsp3) is 0.235. The standard InChI is InChI=1S/C17H19NO4S/c1-2-3-13-6-10-16(11-7-13)23(21,22)18-15-8-4-14(5-9-15)12-17(19)20/h4-11,18H,2-3,12H2,1H3,(H,19,20)/p-1. The lowest BCUT2D eigenvalue weighted by atomic mass is 10.1. The summed E-state index contributed by atoms with van der Waals surface area (Å²) in [6.45, 7) is 2.07. The van der Waals surface area contributed by atoms with Gasteiger partial charge >= 0.3 is 0 Å². The minimum atomic E-state index is -3.66. The van der Waals surface area contributed by atoms with Gasteiger partial charge in [0.2, 0.25) is 0 Å². The molecule has 0 fully saturated rings. The van der Waals surface area contributed by atoms with E-state index in [4.69, 9.17) is 0 Å². The summed E-state index contributed by atoms with van der Waals surface area (Å²) < 4.78 is 27.1. The molecule has 0 saturated heterocycles. The van der Waals surface area contributed by atoms with Crippen LogP contribution >= 0.6 is 0 Å². The van der Waals surface area contributed by atoms with Crippen molar-refractivity contribution in [2.45, 2.75) is 31.1 Å². The predicted molar refractivity (Wildman–Crippen MR) is 86.4 cm³/mol. The van der Waals surface area contributed by atoms with Crippen molar-refractivity contribution in [1.29, 1.82) is 0 Å². The molecule has 0 aliphatic rings. The second-order valence-electron chi connectivity index (χ2n) is 5.25. The largest absolute Gasteiger partial charge is 0.550 e. The SMILES string of the molecule is CCCc1ccc(S(=O)(=O)Nc2ccc(CC(=O)[O-])cc2)cc1. The number of sulfonamides is 1. The normalized spacial score (nSPS) is 11.2. The Kier molecular flexibility index (Phi) is 5.39. The summed E-state index contributed by atoms with van der Waals surface area (Å²) in [4.78, 5) is 10.7. The Morgan fingerprint density at radius 1 is 1.00 bits per heavy atom. The van der Waals surface area contributed by atoms with Gasteiger partial charge in [0.05, 0.1) is 4.90 Å². The number of carbonyl (C=O) groups excluding carboxylic acids is 1. The first-order chi connectivity index (χ1) is 10.9. The van der Waals surface area contributed by atoms with E-state index in [1.807, 2.05) is 0 Å². The maximum Gasteiger partial charge on any atom is 0.261 e. The number of hydrogen-bond acceptors (Lipinski definition) is 4. The van der Waals surface area contributed by atoms with E-state index in [-0.39, 0.29) is 11.3 Å². The molecule has 0 amide bonds. The van der Waals surface area contributed by atoms with E-state index in [0.717, 1.165) is 18.4 Å². The second kappa shape index (κ2) is 7.28. The first-order valence-electron chi connectivity index (χ1n) is 7.31. The first-order valence-corrected chi connectivity index (χ1v) is 8.79. The van der Waals surface area contributed by atoms with Crippen LogP contribution in [0.5, 0.6) is 0 Å². The van der Waals surface area contributed by atoms with E-state index in [2.05, 4.69) is 11.6 Å². The third-order valence-corrected chi connectivity index (χ3v) is 4.72. The summed E-state index contributed by atoms with van der Waals surface area (Å²) in [6, 6.07) is 12.9. The predicted octanol–water partition coefficient (Wildman–Crippen LogP) is 1.73. The van der Waals surface area contributed by atoms with Crippen LogP contribution in [0.15, 0.2) is 53.4 Å². The highest BCUT2D eigenvalue weighted by atomic mass is 32.2. The average Bonchev–Trinajstić information content (AvgIpc) is 2.49. The van der Waals surface area contributed by atoms with Gasteiger partial charge in [-0.1, -0.05) is 37.6 Å². The van der Waals surface area contributed by atoms with Crippen LogP contribution in [0.1, 0.15) is 24.5 Å². The molecule has 2 aromatic carbocycles. The number of carboxylic acid groups (broad SMARTS) is 1. The molecule has 0 radical (unpaired) electrons. The van der Waals surface area contributed by atoms with Crippen LogP contribution in [0.3, 0.4) is 0 Å². The van der Waals surface area contributed by atoms with Crippen molar-refractivity contribution in [2.24, 2.45) is 0 Å². The number of rotatable bonds is 7. The Bertz CT molecular complexity index is 765. The van der Waals surface area contributed by atoms with Crippen molar-refractivity contribution in [1.82, 2.24) is 0 Å². The van der Waals surface area contributed by atoms with Crippen molar-refractivity contribution < 1.29 is 18.3 Å². The zero-order chi connectivity index (χ0) is 16.9. The topological polar surface area (TPSA) is 86.3 Å². The molecule has 0 bridgehead atoms. The average molecular weight is 332 g/mol. The maximum absolute atomic E-state index is 12.3. The molecule has 6 heteroatoms. The molecule has 2 rings (SSSR count). The molecule has 0 unspecified atom stereocenters. The van der Waals surface area contributed by atoms with Crippen molar-refractivity contribution in [2.75, 3.05) is 4.72 Å². The molecule has 5 nitrogen and oxygen atoms in total. The minimum absolute atomic E-state index is 0.191. The first kappa shape index (κ1) is 17.0. The monoisotopic (exact) mass is 332 g/mol. The summed E-state index contributed by atoms with van der Waals surface area (Å²) in [7, 11) is -3.66. The van der Waals surface area contributed by atoms with Crippen LogP contribution in [0.4, 0.5) is 5.69 Å². The fourth-order valence-electron chi connectivity index (χ4n) is 2.20. The lowest BCUT2D eigenvalue weighted by Crippen LogP contribution is -2.24. The van der Waals surface area contributed by atoms with E-state index in [0.29, 0.717) is 11.3 Å². The van der Waals surface area contributed by atoms with E-state index >= 15 is 0 Å². The van der Waals surface area contributed by atoms with Gasteiger partial charge in [0.15, 0.2) is 0 Å². The van der Waals surface area contributed by atoms with E-state index in [1.54, 1.807) is 36.4 Å². The van der Waals surface area contributed by atoms with Gasteiger partial charge in [-0.05, 0) is 41.8 Å². The van der Waals surface area contributed by atoms with Gasteiger partial charge in [-0.3, -0.25) is 4.72 Å². The lowest BCUT2D eigenvalue weighted by molar-refractivity contribution is -0.304. The molecule has 0 heterocycles. The van der Waals surface area contributed by atoms with Crippen LogP contribution in [0, 0.1) is 0 Å². The summed E-state index contributed by atoms with van der Waals surface area (Å²) in [5.74, 6) is -1.18. The molecule has 23 heavy (non-hydrogen) atoms. The van der Waals surface area contributed by atoms with Crippen LogP contribution in [-0.2, 0) is 27.7 Å². The van der Waals surface area contributed by atoms with Crippen molar-refractivity contribution in [3.8, 4) is 0 Å². The van der Waals surface area contributed by atoms with Crippen molar-refractivity contribution >= 4 is 21.7 Å². The number of anilines is 1. The van der Waals surface area contributed by atoms with E-state index < -0.39 is 16.0 Å². The Balaban J connectivity index is 2.12. The van der Waals surface area contributed by atoms with Gasteiger partial charge in [0.1, 0.15) is 0 Å². The number of aliphatic carboxylic acids is 1. The highest BCUT2D eigenvalue weighted by Crippen LogP contribution is 2.18. The van der Waals surface area contributed by atoms with Crippen LogP contribution < -0.4 is 9.83 Å². The molecule has 1 N–H and O–H groups in total. The number of aryl methyl sites for hydroxylation is 1. The van der Waals surface area contributed by atoms with Gasteiger partial charge in [0, 0.05) is 18.1 Å². The molecule has 0 aromatic heterocycles. The Morgan fingerprint density at radius 2 is 1.57 bits per heavy atom. The fourth-order valence-corrected chi connectivity index (χ4v) is 3.25. The van der Waals surface area contributed by atoms with Gasteiger partial charge in [0.25, 0.3) is 10.0 Å². The summed E-state index contributed by atoms with van der Waals surface area (Å²) in [5, 5.41) is 10.5. The zero-order valence-corrected chi connectivity index (χ0v) is 13.6. The van der Waals surface area contributed by atoms with Gasteiger partial charge in [-0.2, -0.15) is 0 Å².